The Balaban J connectivity index is 2.23. The molecule has 1 atom stereocenters. The van der Waals surface area contributed by atoms with Crippen molar-refractivity contribution in [3.05, 3.63) is 34.7 Å². The Hall–Kier alpha value is -2.61. The maximum absolute atomic E-state index is 12.0. The number of primary amides is 1. The average Bonchev–Trinajstić information content (AvgIpc) is 2.89. The van der Waals surface area contributed by atoms with Gasteiger partial charge >= 0.3 is 12.0 Å². The summed E-state index contributed by atoms with van der Waals surface area (Å²) < 4.78 is 5.73. The van der Waals surface area contributed by atoms with Crippen molar-refractivity contribution in [3.63, 3.8) is 0 Å². The molecule has 0 fully saturated rings. The van der Waals surface area contributed by atoms with Gasteiger partial charge in [-0.05, 0) is 18.4 Å². The molecule has 2 aromatic rings. The second-order valence-electron chi connectivity index (χ2n) is 4.85. The van der Waals surface area contributed by atoms with Gasteiger partial charge in [-0.15, -0.1) is 11.3 Å². The van der Waals surface area contributed by atoms with E-state index < -0.39 is 23.9 Å². The van der Waals surface area contributed by atoms with Crippen LogP contribution in [-0.2, 0) is 16.1 Å². The Morgan fingerprint density at radius 2 is 2.00 bits per heavy atom. The lowest BCUT2D eigenvalue weighted by molar-refractivity contribution is -0.122. The molecule has 4 N–H and O–H groups in total. The summed E-state index contributed by atoms with van der Waals surface area (Å²) >= 11 is 1.31. The van der Waals surface area contributed by atoms with Crippen LogP contribution in [0.1, 0.15) is 22.2 Å². The lowest BCUT2D eigenvalue weighted by atomic mass is 10.1. The largest absolute Gasteiger partial charge is 0.465 e. The second kappa shape index (κ2) is 7.10. The highest BCUT2D eigenvalue weighted by Gasteiger charge is 2.20. The number of hydrogen-bond donors (Lipinski definition) is 3. The minimum Gasteiger partial charge on any atom is -0.465 e. The molecule has 8 heteroatoms. The number of thiophene rings is 1. The molecule has 23 heavy (non-hydrogen) atoms. The minimum atomic E-state index is -0.774. The Labute approximate surface area is 136 Å². The first-order valence-electron chi connectivity index (χ1n) is 6.86. The maximum atomic E-state index is 12.0. The predicted octanol–water partition coefficient (Wildman–Crippen LogP) is 1.36. The fourth-order valence-corrected chi connectivity index (χ4v) is 3.28. The van der Waals surface area contributed by atoms with Crippen molar-refractivity contribution in [2.45, 2.75) is 19.5 Å². The third-order valence-electron chi connectivity index (χ3n) is 3.26. The number of rotatable bonds is 5. The molecule has 0 aliphatic carbocycles. The number of carbonyl (C=O) groups is 3. The highest BCUT2D eigenvalue weighted by molar-refractivity contribution is 7.21. The van der Waals surface area contributed by atoms with Crippen molar-refractivity contribution in [1.29, 1.82) is 0 Å². The fourth-order valence-electron chi connectivity index (χ4n) is 2.14. The summed E-state index contributed by atoms with van der Waals surface area (Å²) in [6.07, 6.45) is 0. The zero-order valence-electron chi connectivity index (χ0n) is 12.7. The van der Waals surface area contributed by atoms with Crippen LogP contribution in [0.5, 0.6) is 0 Å². The minimum absolute atomic E-state index is 0.151. The van der Waals surface area contributed by atoms with Crippen LogP contribution >= 0.6 is 11.3 Å². The number of benzene rings is 1. The number of methoxy groups -OCH3 is 1. The highest BCUT2D eigenvalue weighted by Crippen LogP contribution is 2.31. The number of esters is 1. The predicted molar refractivity (Wildman–Crippen MR) is 87.2 cm³/mol. The zero-order chi connectivity index (χ0) is 17.0. The molecule has 0 unspecified atom stereocenters. The van der Waals surface area contributed by atoms with E-state index in [0.717, 1.165) is 10.1 Å². The van der Waals surface area contributed by atoms with E-state index in [2.05, 4.69) is 10.6 Å². The van der Waals surface area contributed by atoms with Crippen molar-refractivity contribution < 1.29 is 19.1 Å². The molecule has 0 saturated carbocycles. The SMILES string of the molecule is COC(=O)c1sc2ccccc2c1CNC(=O)[C@@H](C)NC(N)=O. The maximum Gasteiger partial charge on any atom is 0.348 e. The molecule has 0 bridgehead atoms. The number of carbonyl (C=O) groups excluding carboxylic acids is 3. The number of urea groups is 1. The van der Waals surface area contributed by atoms with E-state index in [1.54, 1.807) is 0 Å². The van der Waals surface area contributed by atoms with Gasteiger partial charge in [-0.3, -0.25) is 4.79 Å². The average molecular weight is 335 g/mol. The van der Waals surface area contributed by atoms with E-state index in [4.69, 9.17) is 10.5 Å². The topological polar surface area (TPSA) is 111 Å². The molecule has 122 valence electrons. The molecular weight excluding hydrogens is 318 g/mol. The summed E-state index contributed by atoms with van der Waals surface area (Å²) in [5, 5.41) is 5.87. The third kappa shape index (κ3) is 3.78. The first-order valence-corrected chi connectivity index (χ1v) is 7.68. The quantitative estimate of drug-likeness (QED) is 0.716. The first kappa shape index (κ1) is 16.8. The van der Waals surface area contributed by atoms with Gasteiger partial charge in [-0.2, -0.15) is 0 Å². The summed E-state index contributed by atoms with van der Waals surface area (Å²) in [6.45, 7) is 1.67. The number of nitrogens with two attached hydrogens (primary N) is 1. The Bertz CT molecular complexity index is 756. The summed E-state index contributed by atoms with van der Waals surface area (Å²) in [6, 6.07) is 5.97. The number of ether oxygens (including phenoxy) is 1. The van der Waals surface area contributed by atoms with Crippen LogP contribution in [0.3, 0.4) is 0 Å². The fraction of sp³-hybridized carbons (Fsp3) is 0.267. The van der Waals surface area contributed by atoms with Gasteiger partial charge in [0.25, 0.3) is 0 Å². The summed E-state index contributed by atoms with van der Waals surface area (Å²) in [5.41, 5.74) is 5.68. The van der Waals surface area contributed by atoms with Gasteiger partial charge in [-0.1, -0.05) is 18.2 Å². The molecule has 0 saturated heterocycles. The molecule has 1 aromatic carbocycles. The third-order valence-corrected chi connectivity index (χ3v) is 4.45. The highest BCUT2D eigenvalue weighted by atomic mass is 32.1. The van der Waals surface area contributed by atoms with Gasteiger partial charge in [0.1, 0.15) is 10.9 Å². The monoisotopic (exact) mass is 335 g/mol. The molecule has 1 aromatic heterocycles. The number of nitrogens with one attached hydrogen (secondary N) is 2. The summed E-state index contributed by atoms with van der Waals surface area (Å²) in [7, 11) is 1.31. The second-order valence-corrected chi connectivity index (χ2v) is 5.90. The van der Waals surface area contributed by atoms with Gasteiger partial charge in [0.2, 0.25) is 5.91 Å². The Morgan fingerprint density at radius 1 is 1.30 bits per heavy atom. The van der Waals surface area contributed by atoms with Crippen LogP contribution in [0.2, 0.25) is 0 Å². The molecule has 0 aliphatic heterocycles. The Kier molecular flexibility index (Phi) is 5.17. The van der Waals surface area contributed by atoms with Crippen molar-refractivity contribution in [3.8, 4) is 0 Å². The van der Waals surface area contributed by atoms with E-state index in [1.165, 1.54) is 25.4 Å². The molecule has 0 aliphatic rings. The molecular formula is C15H17N3O4S. The molecule has 3 amide bonds. The zero-order valence-corrected chi connectivity index (χ0v) is 13.5. The van der Waals surface area contributed by atoms with Crippen molar-refractivity contribution in [2.24, 2.45) is 5.73 Å². The lowest BCUT2D eigenvalue weighted by Crippen LogP contribution is -2.46. The summed E-state index contributed by atoms with van der Waals surface area (Å²) in [5.74, 6) is -0.839. The number of hydrogen-bond acceptors (Lipinski definition) is 5. The first-order chi connectivity index (χ1) is 10.9. The van der Waals surface area contributed by atoms with Gasteiger partial charge < -0.3 is 21.1 Å². The van der Waals surface area contributed by atoms with Crippen LogP contribution in [0.25, 0.3) is 10.1 Å². The molecule has 0 radical (unpaired) electrons. The molecule has 1 heterocycles. The van der Waals surface area contributed by atoms with Crippen molar-refractivity contribution in [1.82, 2.24) is 10.6 Å². The molecule has 7 nitrogen and oxygen atoms in total. The molecule has 0 spiro atoms. The van der Waals surface area contributed by atoms with Crippen molar-refractivity contribution in [2.75, 3.05) is 7.11 Å². The normalized spacial score (nSPS) is 11.7. The van der Waals surface area contributed by atoms with Crippen LogP contribution in [-0.4, -0.2) is 31.1 Å². The van der Waals surface area contributed by atoms with Gasteiger partial charge in [0.05, 0.1) is 7.11 Å². The van der Waals surface area contributed by atoms with Crippen LogP contribution in [0.4, 0.5) is 4.79 Å². The van der Waals surface area contributed by atoms with E-state index in [9.17, 15) is 14.4 Å². The van der Waals surface area contributed by atoms with Crippen molar-refractivity contribution >= 4 is 39.3 Å². The smallest absolute Gasteiger partial charge is 0.348 e. The molecule has 2 rings (SSSR count). The van der Waals surface area contributed by atoms with E-state index in [0.29, 0.717) is 10.4 Å². The van der Waals surface area contributed by atoms with Gasteiger partial charge in [0, 0.05) is 16.8 Å². The standard InChI is InChI=1S/C15H17N3O4S/c1-8(18-15(16)21)13(19)17-7-10-9-5-3-4-6-11(9)23-12(10)14(20)22-2/h3-6,8H,7H2,1-2H3,(H,17,19)(H3,16,18,21)/t8-/m1/s1. The number of amides is 3. The lowest BCUT2D eigenvalue weighted by Gasteiger charge is -2.12. The van der Waals surface area contributed by atoms with E-state index >= 15 is 0 Å². The van der Waals surface area contributed by atoms with Gasteiger partial charge in [-0.25, -0.2) is 9.59 Å². The van der Waals surface area contributed by atoms with E-state index in [1.807, 2.05) is 24.3 Å². The van der Waals surface area contributed by atoms with Gasteiger partial charge in [0.15, 0.2) is 0 Å². The van der Waals surface area contributed by atoms with Crippen LogP contribution in [0, 0.1) is 0 Å². The number of fused-ring (bicyclic) bond motifs is 1. The Morgan fingerprint density at radius 3 is 2.65 bits per heavy atom. The van der Waals surface area contributed by atoms with E-state index in [-0.39, 0.29) is 6.54 Å². The van der Waals surface area contributed by atoms with Crippen LogP contribution in [0.15, 0.2) is 24.3 Å². The van der Waals surface area contributed by atoms with Crippen LogP contribution < -0.4 is 16.4 Å². The summed E-state index contributed by atoms with van der Waals surface area (Å²) in [4.78, 5) is 35.1.